The van der Waals surface area contributed by atoms with E-state index in [1.807, 2.05) is 35.4 Å². The Bertz CT molecular complexity index is 890. The topological polar surface area (TPSA) is 97.6 Å². The van der Waals surface area contributed by atoms with Crippen LogP contribution in [0.5, 0.6) is 5.75 Å². The van der Waals surface area contributed by atoms with Crippen LogP contribution in [-0.2, 0) is 9.59 Å². The summed E-state index contributed by atoms with van der Waals surface area (Å²) in [4.78, 5) is 30.0. The van der Waals surface area contributed by atoms with Crippen molar-refractivity contribution in [3.63, 3.8) is 0 Å². The summed E-state index contributed by atoms with van der Waals surface area (Å²) in [5, 5.41) is 5.39. The van der Waals surface area contributed by atoms with Gasteiger partial charge in [-0.05, 0) is 57.2 Å². The lowest BCUT2D eigenvalue weighted by Gasteiger charge is -2.34. The lowest BCUT2D eigenvalue weighted by molar-refractivity contribution is -0.129. The first-order chi connectivity index (χ1) is 14.6. The first kappa shape index (κ1) is 20.6. The fourth-order valence-electron chi connectivity index (χ4n) is 4.65. The van der Waals surface area contributed by atoms with E-state index in [9.17, 15) is 9.59 Å². The minimum Gasteiger partial charge on any atom is -0.490 e. The summed E-state index contributed by atoms with van der Waals surface area (Å²) in [5.41, 5.74) is 5.30. The molecule has 1 saturated heterocycles. The predicted octanol–water partition coefficient (Wildman–Crippen LogP) is 2.24. The minimum atomic E-state index is -0.336. The van der Waals surface area contributed by atoms with Crippen molar-refractivity contribution in [3.8, 4) is 5.75 Å². The van der Waals surface area contributed by atoms with E-state index in [-0.39, 0.29) is 36.4 Å². The summed E-state index contributed by atoms with van der Waals surface area (Å²) < 4.78 is 6.30. The normalized spacial score (nSPS) is 25.0. The summed E-state index contributed by atoms with van der Waals surface area (Å²) in [5.74, 6) is 0.613. The zero-order valence-corrected chi connectivity index (χ0v) is 17.3. The number of rotatable bonds is 6. The molecule has 1 unspecified atom stereocenters. The van der Waals surface area contributed by atoms with Crippen molar-refractivity contribution in [1.29, 1.82) is 0 Å². The number of ether oxygens (including phenoxy) is 1. The van der Waals surface area contributed by atoms with Gasteiger partial charge < -0.3 is 15.8 Å². The molecule has 7 nitrogen and oxygen atoms in total. The molecule has 2 heterocycles. The van der Waals surface area contributed by atoms with Gasteiger partial charge in [0.05, 0.1) is 18.6 Å². The van der Waals surface area contributed by atoms with E-state index in [4.69, 9.17) is 10.5 Å². The third-order valence-corrected chi connectivity index (χ3v) is 6.21. The molecule has 2 amide bonds. The molecule has 1 aromatic heterocycles. The Balaban J connectivity index is 1.26. The van der Waals surface area contributed by atoms with Gasteiger partial charge in [0.2, 0.25) is 11.8 Å². The smallest absolute Gasteiger partial charge is 0.231 e. The van der Waals surface area contributed by atoms with Gasteiger partial charge in [-0.1, -0.05) is 12.1 Å². The second-order valence-corrected chi connectivity index (χ2v) is 8.49. The number of fused-ring (bicyclic) bond motifs is 1. The third-order valence-electron chi connectivity index (χ3n) is 6.21. The van der Waals surface area contributed by atoms with E-state index in [2.05, 4.69) is 10.3 Å². The van der Waals surface area contributed by atoms with E-state index in [0.29, 0.717) is 6.54 Å². The van der Waals surface area contributed by atoms with Crippen molar-refractivity contribution in [2.75, 3.05) is 19.6 Å². The number of likely N-dealkylation sites (tertiary alicyclic amines) is 1. The van der Waals surface area contributed by atoms with Crippen LogP contribution in [0.3, 0.4) is 0 Å². The summed E-state index contributed by atoms with van der Waals surface area (Å²) in [6, 6.07) is 8.23. The minimum absolute atomic E-state index is 0.0589. The number of nitrogens with zero attached hydrogens (tertiary/aromatic N) is 2. The van der Waals surface area contributed by atoms with Gasteiger partial charge in [0.1, 0.15) is 5.75 Å². The molecule has 3 N–H and O–H groups in total. The van der Waals surface area contributed by atoms with Crippen molar-refractivity contribution < 1.29 is 14.3 Å². The first-order valence-electron chi connectivity index (χ1n) is 10.9. The van der Waals surface area contributed by atoms with Crippen LogP contribution in [0.2, 0.25) is 0 Å². The number of nitrogens with one attached hydrogen (secondary N) is 1. The van der Waals surface area contributed by atoms with Crippen LogP contribution < -0.4 is 15.8 Å². The maximum atomic E-state index is 12.7. The molecule has 1 aliphatic heterocycles. The second-order valence-electron chi connectivity index (χ2n) is 8.49. The number of amides is 2. The Morgan fingerprint density at radius 3 is 2.80 bits per heavy atom. The molecule has 0 radical (unpaired) electrons. The van der Waals surface area contributed by atoms with Gasteiger partial charge >= 0.3 is 0 Å². The molecule has 2 fully saturated rings. The number of carbonyl (C=O) groups excluding carboxylic acids is 2. The summed E-state index contributed by atoms with van der Waals surface area (Å²) in [6.45, 7) is 1.68. The van der Waals surface area contributed by atoms with E-state index < -0.39 is 0 Å². The van der Waals surface area contributed by atoms with E-state index in [1.165, 1.54) is 0 Å². The molecule has 1 aromatic carbocycles. The number of pyridine rings is 1. The molecule has 0 bridgehead atoms. The van der Waals surface area contributed by atoms with Crippen molar-refractivity contribution in [1.82, 2.24) is 15.2 Å². The van der Waals surface area contributed by atoms with Crippen molar-refractivity contribution in [2.24, 2.45) is 11.7 Å². The van der Waals surface area contributed by atoms with Crippen LogP contribution in [0.4, 0.5) is 0 Å². The number of hydrogen-bond acceptors (Lipinski definition) is 5. The molecule has 1 saturated carbocycles. The highest BCUT2D eigenvalue weighted by atomic mass is 16.5. The van der Waals surface area contributed by atoms with Gasteiger partial charge in [0, 0.05) is 35.8 Å². The highest BCUT2D eigenvalue weighted by Gasteiger charge is 2.29. The molecular formula is C23H30N4O3. The van der Waals surface area contributed by atoms with Gasteiger partial charge in [0.25, 0.3) is 0 Å². The number of nitrogens with two attached hydrogens (primary N) is 1. The molecular weight excluding hydrogens is 380 g/mol. The maximum absolute atomic E-state index is 12.7. The molecule has 2 aromatic rings. The van der Waals surface area contributed by atoms with Gasteiger partial charge in [0.15, 0.2) is 0 Å². The Morgan fingerprint density at radius 1 is 1.17 bits per heavy atom. The summed E-state index contributed by atoms with van der Waals surface area (Å²) >= 11 is 0. The van der Waals surface area contributed by atoms with Crippen LogP contribution in [0.1, 0.15) is 38.5 Å². The predicted molar refractivity (Wildman–Crippen MR) is 115 cm³/mol. The van der Waals surface area contributed by atoms with E-state index in [1.54, 1.807) is 6.20 Å². The molecule has 0 spiro atoms. The molecule has 1 aliphatic carbocycles. The monoisotopic (exact) mass is 410 g/mol. The highest BCUT2D eigenvalue weighted by Crippen LogP contribution is 2.29. The van der Waals surface area contributed by atoms with Crippen LogP contribution in [0.25, 0.3) is 10.8 Å². The molecule has 1 atom stereocenters. The zero-order chi connectivity index (χ0) is 20.9. The maximum Gasteiger partial charge on any atom is 0.231 e. The number of hydrogen-bond donors (Lipinski definition) is 2. The quantitative estimate of drug-likeness (QED) is 0.761. The fourth-order valence-corrected chi connectivity index (χ4v) is 4.65. The van der Waals surface area contributed by atoms with Crippen LogP contribution in [-0.4, -0.2) is 53.5 Å². The Kier molecular flexibility index (Phi) is 6.47. The number of benzene rings is 1. The van der Waals surface area contributed by atoms with E-state index in [0.717, 1.165) is 61.6 Å². The Hall–Kier alpha value is -2.67. The lowest BCUT2D eigenvalue weighted by Crippen LogP contribution is -2.48. The molecule has 30 heavy (non-hydrogen) atoms. The van der Waals surface area contributed by atoms with Crippen LogP contribution in [0.15, 0.2) is 36.7 Å². The summed E-state index contributed by atoms with van der Waals surface area (Å²) in [7, 11) is 0. The first-order valence-corrected chi connectivity index (χ1v) is 10.9. The molecule has 2 aliphatic rings. The third kappa shape index (κ3) is 5.08. The SMILES string of the molecule is NC(=O)CN1CCCC(C(=O)NC2CCC(Oc3cccc4cnccc34)CC2)C1. The summed E-state index contributed by atoms with van der Waals surface area (Å²) in [6.07, 6.45) is 9.28. The Labute approximate surface area is 177 Å². The van der Waals surface area contributed by atoms with Crippen LogP contribution in [0, 0.1) is 5.92 Å². The van der Waals surface area contributed by atoms with Gasteiger partial charge in [-0.3, -0.25) is 19.5 Å². The molecule has 160 valence electrons. The van der Waals surface area contributed by atoms with Crippen molar-refractivity contribution >= 4 is 22.6 Å². The number of aromatic nitrogens is 1. The van der Waals surface area contributed by atoms with Crippen molar-refractivity contribution in [3.05, 3.63) is 36.7 Å². The number of carbonyl (C=O) groups is 2. The zero-order valence-electron chi connectivity index (χ0n) is 17.3. The average Bonchev–Trinajstić information content (AvgIpc) is 2.75. The van der Waals surface area contributed by atoms with Gasteiger partial charge in [-0.2, -0.15) is 0 Å². The van der Waals surface area contributed by atoms with Crippen molar-refractivity contribution in [2.45, 2.75) is 50.7 Å². The Morgan fingerprint density at radius 2 is 2.00 bits per heavy atom. The number of piperidine rings is 1. The highest BCUT2D eigenvalue weighted by molar-refractivity contribution is 5.87. The van der Waals surface area contributed by atoms with E-state index >= 15 is 0 Å². The second kappa shape index (κ2) is 9.43. The average molecular weight is 411 g/mol. The van der Waals surface area contributed by atoms with Gasteiger partial charge in [-0.25, -0.2) is 0 Å². The molecule has 4 rings (SSSR count). The van der Waals surface area contributed by atoms with Crippen LogP contribution >= 0.6 is 0 Å². The largest absolute Gasteiger partial charge is 0.490 e. The molecule has 7 heteroatoms. The fraction of sp³-hybridized carbons (Fsp3) is 0.522. The lowest BCUT2D eigenvalue weighted by atomic mass is 9.91. The number of primary amides is 1. The standard InChI is InChI=1S/C23H30N4O3/c24-22(28)15-27-12-2-4-17(14-27)23(29)26-18-6-8-19(9-7-18)30-21-5-1-3-16-13-25-11-10-20(16)21/h1,3,5,10-11,13,17-19H,2,4,6-9,12,14-15H2,(H2,24,28)(H,26,29). The van der Waals surface area contributed by atoms with Gasteiger partial charge in [-0.15, -0.1) is 0 Å².